The van der Waals surface area contributed by atoms with Gasteiger partial charge in [-0.15, -0.1) is 0 Å². The largest absolute Gasteiger partial charge is 0.481 e. The number of nitrogens with two attached hydrogens (primary N) is 1. The Morgan fingerprint density at radius 1 is 0.969 bits per heavy atom. The summed E-state index contributed by atoms with van der Waals surface area (Å²) in [5.74, 6) is -4.16. The van der Waals surface area contributed by atoms with Crippen LogP contribution in [0.3, 0.4) is 0 Å². The second-order valence-corrected chi connectivity index (χ2v) is 9.11. The van der Waals surface area contributed by atoms with E-state index in [9.17, 15) is 29.1 Å². The number of hydrogen-bond donors (Lipinski definition) is 5. The summed E-state index contributed by atoms with van der Waals surface area (Å²) >= 11 is 0. The first-order chi connectivity index (χ1) is 14.8. The molecule has 1 saturated heterocycles. The van der Waals surface area contributed by atoms with E-state index < -0.39 is 60.2 Å². The zero-order valence-corrected chi connectivity index (χ0v) is 19.2. The molecule has 32 heavy (non-hydrogen) atoms. The molecule has 0 spiro atoms. The quantitative estimate of drug-likeness (QED) is 0.270. The molecule has 6 N–H and O–H groups in total. The van der Waals surface area contributed by atoms with E-state index in [1.54, 1.807) is 0 Å². The molecule has 0 aliphatic carbocycles. The molecule has 11 heteroatoms. The van der Waals surface area contributed by atoms with Crippen molar-refractivity contribution in [3.05, 3.63) is 0 Å². The van der Waals surface area contributed by atoms with Crippen LogP contribution in [-0.4, -0.2) is 75.5 Å². The second-order valence-electron chi connectivity index (χ2n) is 9.11. The van der Waals surface area contributed by atoms with E-state index in [2.05, 4.69) is 10.6 Å². The summed E-state index contributed by atoms with van der Waals surface area (Å²) in [6.45, 7) is 7.95. The Morgan fingerprint density at radius 2 is 1.56 bits per heavy atom. The molecule has 1 fully saturated rings. The van der Waals surface area contributed by atoms with Crippen LogP contribution >= 0.6 is 0 Å². The number of carbonyl (C=O) groups is 5. The third-order valence-electron chi connectivity index (χ3n) is 5.22. The molecule has 1 aliphatic heterocycles. The number of likely N-dealkylation sites (tertiary alicyclic amines) is 1. The maximum absolute atomic E-state index is 13.3. The fourth-order valence-corrected chi connectivity index (χ4v) is 3.73. The lowest BCUT2D eigenvalue weighted by atomic mass is 10.00. The van der Waals surface area contributed by atoms with Crippen LogP contribution in [-0.2, 0) is 24.0 Å². The van der Waals surface area contributed by atoms with Crippen LogP contribution in [0.2, 0.25) is 0 Å². The van der Waals surface area contributed by atoms with E-state index in [1.165, 1.54) is 4.90 Å². The summed E-state index contributed by atoms with van der Waals surface area (Å²) in [4.78, 5) is 61.9. The third-order valence-corrected chi connectivity index (χ3v) is 5.22. The Hall–Kier alpha value is -2.69. The maximum atomic E-state index is 13.3. The maximum Gasteiger partial charge on any atom is 0.326 e. The van der Waals surface area contributed by atoms with Crippen LogP contribution in [0.4, 0.5) is 0 Å². The fourth-order valence-electron chi connectivity index (χ4n) is 3.73. The van der Waals surface area contributed by atoms with Crippen molar-refractivity contribution < 1.29 is 34.2 Å². The Kier molecular flexibility index (Phi) is 10.6. The highest BCUT2D eigenvalue weighted by molar-refractivity contribution is 5.95. The third kappa shape index (κ3) is 8.45. The molecule has 4 unspecified atom stereocenters. The smallest absolute Gasteiger partial charge is 0.326 e. The van der Waals surface area contributed by atoms with Crippen LogP contribution in [0.1, 0.15) is 59.8 Å². The van der Waals surface area contributed by atoms with Crippen LogP contribution in [0.15, 0.2) is 0 Å². The molecule has 11 nitrogen and oxygen atoms in total. The molecule has 3 amide bonds. The molecular weight excluding hydrogens is 420 g/mol. The van der Waals surface area contributed by atoms with Gasteiger partial charge in [0, 0.05) is 6.54 Å². The SMILES string of the molecule is CC(C)CC(N)C(=O)NC(CC(C)C)C(=O)N1CCCC1C(=O)NC(CC(=O)O)C(=O)O. The number of nitrogens with zero attached hydrogens (tertiary/aromatic N) is 1. The number of rotatable bonds is 12. The first-order valence-electron chi connectivity index (χ1n) is 10.9. The zero-order valence-electron chi connectivity index (χ0n) is 19.2. The number of carboxylic acids is 2. The molecule has 0 radical (unpaired) electrons. The van der Waals surface area contributed by atoms with Crippen molar-refractivity contribution in [2.75, 3.05) is 6.54 Å². The van der Waals surface area contributed by atoms with Gasteiger partial charge >= 0.3 is 11.9 Å². The van der Waals surface area contributed by atoms with E-state index in [4.69, 9.17) is 10.8 Å². The first kappa shape index (κ1) is 27.3. The molecule has 1 aliphatic rings. The number of carbonyl (C=O) groups excluding carboxylic acids is 3. The summed E-state index contributed by atoms with van der Waals surface area (Å²) in [5.41, 5.74) is 5.94. The lowest BCUT2D eigenvalue weighted by molar-refractivity contribution is -0.148. The highest BCUT2D eigenvalue weighted by atomic mass is 16.4. The topological polar surface area (TPSA) is 179 Å². The minimum absolute atomic E-state index is 0.0763. The van der Waals surface area contributed by atoms with E-state index >= 15 is 0 Å². The van der Waals surface area contributed by atoms with Crippen molar-refractivity contribution in [3.8, 4) is 0 Å². The minimum atomic E-state index is -1.60. The molecule has 1 rings (SSSR count). The summed E-state index contributed by atoms with van der Waals surface area (Å²) in [5, 5.41) is 23.0. The highest BCUT2D eigenvalue weighted by Crippen LogP contribution is 2.21. The van der Waals surface area contributed by atoms with Crippen molar-refractivity contribution >= 4 is 29.7 Å². The van der Waals surface area contributed by atoms with Gasteiger partial charge in [-0.25, -0.2) is 4.79 Å². The Bertz CT molecular complexity index is 710. The van der Waals surface area contributed by atoms with Crippen molar-refractivity contribution in [1.82, 2.24) is 15.5 Å². The van der Waals surface area contributed by atoms with E-state index in [0.717, 1.165) is 0 Å². The van der Waals surface area contributed by atoms with Crippen LogP contribution in [0, 0.1) is 11.8 Å². The monoisotopic (exact) mass is 456 g/mol. The predicted octanol–water partition coefficient (Wildman–Crippen LogP) is -0.0742. The van der Waals surface area contributed by atoms with Gasteiger partial charge in [-0.1, -0.05) is 27.7 Å². The average molecular weight is 457 g/mol. The average Bonchev–Trinajstić information content (AvgIpc) is 3.14. The molecular formula is C21H36N4O7. The predicted molar refractivity (Wildman–Crippen MR) is 115 cm³/mol. The van der Waals surface area contributed by atoms with Gasteiger partial charge in [-0.05, 0) is 37.5 Å². The Labute approximate surface area is 188 Å². The standard InChI is InChI=1S/C21H36N4O7/c1-11(2)8-13(22)18(28)23-14(9-12(3)4)20(30)25-7-5-6-16(25)19(29)24-15(21(31)32)10-17(26)27/h11-16H,5-10,22H2,1-4H3,(H,23,28)(H,24,29)(H,26,27)(H,31,32). The summed E-state index contributed by atoms with van der Waals surface area (Å²) in [6.07, 6.45) is 0.868. The van der Waals surface area contributed by atoms with Crippen LogP contribution in [0.5, 0.6) is 0 Å². The highest BCUT2D eigenvalue weighted by Gasteiger charge is 2.39. The fraction of sp³-hybridized carbons (Fsp3) is 0.762. The second kappa shape index (κ2) is 12.4. The van der Waals surface area contributed by atoms with Gasteiger partial charge in [0.15, 0.2) is 0 Å². The molecule has 1 heterocycles. The van der Waals surface area contributed by atoms with Crippen molar-refractivity contribution in [1.29, 1.82) is 0 Å². The van der Waals surface area contributed by atoms with E-state index in [0.29, 0.717) is 25.7 Å². The number of hydrogen-bond acceptors (Lipinski definition) is 6. The molecule has 0 aromatic carbocycles. The number of amides is 3. The molecule has 0 saturated carbocycles. The van der Waals surface area contributed by atoms with E-state index in [-0.39, 0.29) is 18.4 Å². The molecule has 182 valence electrons. The van der Waals surface area contributed by atoms with Crippen molar-refractivity contribution in [2.24, 2.45) is 17.6 Å². The van der Waals surface area contributed by atoms with Gasteiger partial charge in [0.2, 0.25) is 17.7 Å². The molecule has 4 atom stereocenters. The molecule has 0 aromatic heterocycles. The molecule has 0 aromatic rings. The number of carboxylic acid groups (broad SMARTS) is 2. The normalized spacial score (nSPS) is 18.8. The van der Waals surface area contributed by atoms with Gasteiger partial charge in [0.1, 0.15) is 18.1 Å². The number of nitrogens with one attached hydrogen (secondary N) is 2. The number of aliphatic carboxylic acids is 2. The minimum Gasteiger partial charge on any atom is -0.481 e. The van der Waals surface area contributed by atoms with E-state index in [1.807, 2.05) is 27.7 Å². The van der Waals surface area contributed by atoms with Gasteiger partial charge < -0.3 is 31.5 Å². The van der Waals surface area contributed by atoms with Gasteiger partial charge in [-0.3, -0.25) is 19.2 Å². The Morgan fingerprint density at radius 3 is 2.06 bits per heavy atom. The Balaban J connectivity index is 2.95. The lowest BCUT2D eigenvalue weighted by Gasteiger charge is -2.30. The first-order valence-corrected chi connectivity index (χ1v) is 10.9. The summed E-state index contributed by atoms with van der Waals surface area (Å²) in [7, 11) is 0. The summed E-state index contributed by atoms with van der Waals surface area (Å²) < 4.78 is 0. The lowest BCUT2D eigenvalue weighted by Crippen LogP contribution is -2.57. The van der Waals surface area contributed by atoms with Crippen molar-refractivity contribution in [2.45, 2.75) is 84.0 Å². The van der Waals surface area contributed by atoms with Crippen LogP contribution in [0.25, 0.3) is 0 Å². The zero-order chi connectivity index (χ0) is 24.6. The van der Waals surface area contributed by atoms with Gasteiger partial charge in [0.25, 0.3) is 0 Å². The van der Waals surface area contributed by atoms with Crippen molar-refractivity contribution in [3.63, 3.8) is 0 Å². The van der Waals surface area contributed by atoms with Gasteiger partial charge in [-0.2, -0.15) is 0 Å². The van der Waals surface area contributed by atoms with Crippen LogP contribution < -0.4 is 16.4 Å². The molecule has 0 bridgehead atoms. The van der Waals surface area contributed by atoms with Gasteiger partial charge in [0.05, 0.1) is 12.5 Å². The summed E-state index contributed by atoms with van der Waals surface area (Å²) in [6, 6.07) is -4.17.